The van der Waals surface area contributed by atoms with Crippen molar-refractivity contribution in [1.29, 1.82) is 0 Å². The van der Waals surface area contributed by atoms with Crippen LogP contribution in [-0.2, 0) is 25.1 Å². The molecule has 4 heterocycles. The van der Waals surface area contributed by atoms with Gasteiger partial charge in [0.05, 0.1) is 5.69 Å². The Morgan fingerprint density at radius 1 is 1.21 bits per heavy atom. The van der Waals surface area contributed by atoms with Gasteiger partial charge in [0.15, 0.2) is 22.5 Å². The van der Waals surface area contributed by atoms with E-state index in [1.54, 1.807) is 23.1 Å². The summed E-state index contributed by atoms with van der Waals surface area (Å²) in [6, 6.07) is 5.96. The van der Waals surface area contributed by atoms with Crippen molar-refractivity contribution in [1.82, 2.24) is 19.7 Å². The predicted octanol–water partition coefficient (Wildman–Crippen LogP) is 6.46. The maximum Gasteiger partial charge on any atom is 0.231 e. The predicted molar refractivity (Wildman–Crippen MR) is 138 cm³/mol. The van der Waals surface area contributed by atoms with Gasteiger partial charge in [-0.2, -0.15) is 0 Å². The Morgan fingerprint density at radius 3 is 3.03 bits per heavy atom. The van der Waals surface area contributed by atoms with Crippen molar-refractivity contribution in [3.63, 3.8) is 0 Å². The van der Waals surface area contributed by atoms with E-state index in [1.165, 1.54) is 28.8 Å². The van der Waals surface area contributed by atoms with Gasteiger partial charge in [-0.25, -0.2) is 4.98 Å². The number of allylic oxidation sites excluding steroid dienone is 1. The summed E-state index contributed by atoms with van der Waals surface area (Å²) >= 11 is 5.17. The van der Waals surface area contributed by atoms with Crippen molar-refractivity contribution in [3.05, 3.63) is 57.7 Å². The summed E-state index contributed by atoms with van der Waals surface area (Å²) in [6.07, 6.45) is 5.45. The molecule has 0 N–H and O–H groups in total. The zero-order valence-corrected chi connectivity index (χ0v) is 21.3. The van der Waals surface area contributed by atoms with Gasteiger partial charge >= 0.3 is 0 Å². The van der Waals surface area contributed by atoms with E-state index in [0.717, 1.165) is 56.8 Å². The van der Waals surface area contributed by atoms with E-state index >= 15 is 0 Å². The SMILES string of the molecule is C=CCn1c(SCc2csc(-c3ccc4c(c3)OCO4)n2)nnc1-c1csc2c1CCC(C)C2. The van der Waals surface area contributed by atoms with Crippen LogP contribution in [0.3, 0.4) is 0 Å². The lowest BCUT2D eigenvalue weighted by Crippen LogP contribution is -2.10. The van der Waals surface area contributed by atoms with E-state index in [-0.39, 0.29) is 6.79 Å². The summed E-state index contributed by atoms with van der Waals surface area (Å²) in [4.78, 5) is 6.35. The maximum atomic E-state index is 5.51. The van der Waals surface area contributed by atoms with Gasteiger partial charge in [0.1, 0.15) is 5.01 Å². The zero-order chi connectivity index (χ0) is 23.1. The molecule has 9 heteroatoms. The molecule has 0 saturated heterocycles. The fourth-order valence-electron chi connectivity index (χ4n) is 4.43. The quantitative estimate of drug-likeness (QED) is 0.211. The minimum atomic E-state index is 0.277. The third kappa shape index (κ3) is 4.06. The average molecular weight is 509 g/mol. The van der Waals surface area contributed by atoms with Crippen LogP contribution in [-0.4, -0.2) is 26.5 Å². The molecule has 0 amide bonds. The van der Waals surface area contributed by atoms with Crippen LogP contribution in [0.5, 0.6) is 11.5 Å². The fraction of sp³-hybridized carbons (Fsp3) is 0.320. The van der Waals surface area contributed by atoms with Crippen molar-refractivity contribution in [2.45, 2.75) is 43.6 Å². The van der Waals surface area contributed by atoms with Crippen LogP contribution < -0.4 is 9.47 Å². The third-order valence-electron chi connectivity index (χ3n) is 6.19. The number of fused-ring (bicyclic) bond motifs is 2. The summed E-state index contributed by atoms with van der Waals surface area (Å²) < 4.78 is 13.1. The van der Waals surface area contributed by atoms with Crippen LogP contribution in [0.25, 0.3) is 22.0 Å². The van der Waals surface area contributed by atoms with E-state index in [0.29, 0.717) is 6.54 Å². The second-order valence-electron chi connectivity index (χ2n) is 8.61. The Morgan fingerprint density at radius 2 is 2.12 bits per heavy atom. The van der Waals surface area contributed by atoms with Crippen molar-refractivity contribution in [2.24, 2.45) is 5.92 Å². The number of thiophene rings is 1. The molecule has 1 aliphatic heterocycles. The minimum Gasteiger partial charge on any atom is -0.454 e. The second kappa shape index (κ2) is 9.20. The van der Waals surface area contributed by atoms with E-state index in [4.69, 9.17) is 14.5 Å². The number of benzene rings is 1. The molecule has 4 aromatic rings. The smallest absolute Gasteiger partial charge is 0.231 e. The zero-order valence-electron chi connectivity index (χ0n) is 18.8. The molecule has 0 spiro atoms. The molecule has 1 aromatic carbocycles. The lowest BCUT2D eigenvalue weighted by molar-refractivity contribution is 0.174. The third-order valence-corrected chi connectivity index (χ3v) is 9.18. The van der Waals surface area contributed by atoms with Crippen LogP contribution in [0, 0.1) is 5.92 Å². The largest absolute Gasteiger partial charge is 0.454 e. The highest BCUT2D eigenvalue weighted by atomic mass is 32.2. The molecule has 1 unspecified atom stereocenters. The number of thioether (sulfide) groups is 1. The highest BCUT2D eigenvalue weighted by Gasteiger charge is 2.24. The standard InChI is InChI=1S/C25H24N4O2S3/c1-3-8-29-23(19-13-32-22-9-15(2)4-6-18(19)22)27-28-25(29)34-12-17-11-33-24(26-17)16-5-7-20-21(10-16)31-14-30-20/h3,5,7,10-11,13,15H,1,4,6,8-9,12,14H2,2H3. The molecule has 3 aromatic heterocycles. The van der Waals surface area contributed by atoms with E-state index < -0.39 is 0 Å². The number of thiazole rings is 1. The van der Waals surface area contributed by atoms with Gasteiger partial charge in [-0.05, 0) is 48.9 Å². The van der Waals surface area contributed by atoms with Gasteiger partial charge in [-0.15, -0.1) is 39.4 Å². The van der Waals surface area contributed by atoms with Gasteiger partial charge in [0.25, 0.3) is 0 Å². The van der Waals surface area contributed by atoms with E-state index in [1.807, 2.05) is 35.6 Å². The van der Waals surface area contributed by atoms with Crippen LogP contribution in [0.2, 0.25) is 0 Å². The molecule has 34 heavy (non-hydrogen) atoms. The van der Waals surface area contributed by atoms with Gasteiger partial charge in [0.2, 0.25) is 6.79 Å². The first-order valence-corrected chi connectivity index (χ1v) is 14.0. The molecule has 2 aliphatic rings. The molecular formula is C25H24N4O2S3. The Balaban J connectivity index is 1.21. The first kappa shape index (κ1) is 21.9. The normalized spacial score (nSPS) is 16.6. The Hall–Kier alpha value is -2.62. The van der Waals surface area contributed by atoms with Gasteiger partial charge in [-0.3, -0.25) is 4.57 Å². The molecule has 0 bridgehead atoms. The molecule has 1 atom stereocenters. The maximum absolute atomic E-state index is 5.51. The van der Waals surface area contributed by atoms with E-state index in [9.17, 15) is 0 Å². The molecule has 6 rings (SSSR count). The topological polar surface area (TPSA) is 62.1 Å². The number of rotatable bonds is 7. The van der Waals surface area contributed by atoms with Gasteiger partial charge in [0, 0.05) is 39.1 Å². The number of nitrogens with zero attached hydrogens (tertiary/aromatic N) is 4. The Labute approximate surface area is 210 Å². The summed E-state index contributed by atoms with van der Waals surface area (Å²) in [5.74, 6) is 4.01. The molecule has 0 radical (unpaired) electrons. The molecule has 6 nitrogen and oxygen atoms in total. The first-order valence-electron chi connectivity index (χ1n) is 11.3. The van der Waals surface area contributed by atoms with Crippen LogP contribution in [0.15, 0.2) is 46.8 Å². The number of hydrogen-bond donors (Lipinski definition) is 0. The van der Waals surface area contributed by atoms with Crippen molar-refractivity contribution in [3.8, 4) is 33.5 Å². The van der Waals surface area contributed by atoms with Gasteiger partial charge < -0.3 is 9.47 Å². The van der Waals surface area contributed by atoms with Crippen LogP contribution in [0.4, 0.5) is 0 Å². The monoisotopic (exact) mass is 508 g/mol. The average Bonchev–Trinajstić information content (AvgIpc) is 3.63. The van der Waals surface area contributed by atoms with Crippen molar-refractivity contribution >= 4 is 34.4 Å². The molecule has 0 saturated carbocycles. The second-order valence-corrected chi connectivity index (χ2v) is 11.4. The Bertz CT molecular complexity index is 1360. The fourth-order valence-corrected chi connectivity index (χ4v) is 7.43. The van der Waals surface area contributed by atoms with Gasteiger partial charge in [-0.1, -0.05) is 24.8 Å². The summed E-state index contributed by atoms with van der Waals surface area (Å²) in [5.41, 5.74) is 4.77. The number of aromatic nitrogens is 4. The summed E-state index contributed by atoms with van der Waals surface area (Å²) in [5, 5.41) is 15.4. The minimum absolute atomic E-state index is 0.277. The molecule has 1 aliphatic carbocycles. The van der Waals surface area contributed by atoms with Crippen LogP contribution in [0.1, 0.15) is 29.5 Å². The van der Waals surface area contributed by atoms with E-state index in [2.05, 4.69) is 39.0 Å². The van der Waals surface area contributed by atoms with Crippen molar-refractivity contribution in [2.75, 3.05) is 6.79 Å². The lowest BCUT2D eigenvalue weighted by atomic mass is 9.88. The lowest BCUT2D eigenvalue weighted by Gasteiger charge is -2.19. The summed E-state index contributed by atoms with van der Waals surface area (Å²) in [7, 11) is 0. The number of hydrogen-bond acceptors (Lipinski definition) is 8. The molecule has 174 valence electrons. The highest BCUT2D eigenvalue weighted by molar-refractivity contribution is 7.98. The van der Waals surface area contributed by atoms with Crippen molar-refractivity contribution < 1.29 is 9.47 Å². The molecule has 0 fully saturated rings. The molecular weight excluding hydrogens is 485 g/mol. The highest BCUT2D eigenvalue weighted by Crippen LogP contribution is 2.39. The number of ether oxygens (including phenoxy) is 2. The van der Waals surface area contributed by atoms with Crippen LogP contribution >= 0.6 is 34.4 Å². The summed E-state index contributed by atoms with van der Waals surface area (Å²) in [6.45, 7) is 7.27. The first-order chi connectivity index (χ1) is 16.7. The Kier molecular flexibility index (Phi) is 5.92.